The largest absolute Gasteiger partial charge is 0.381 e. The van der Waals surface area contributed by atoms with Crippen molar-refractivity contribution in [1.82, 2.24) is 10.3 Å². The molecule has 0 atom stereocenters. The van der Waals surface area contributed by atoms with Crippen molar-refractivity contribution >= 4 is 26.7 Å². The molecule has 2 heterocycles. The van der Waals surface area contributed by atoms with E-state index in [2.05, 4.69) is 29.4 Å². The zero-order valence-corrected chi connectivity index (χ0v) is 11.9. The van der Waals surface area contributed by atoms with Gasteiger partial charge in [-0.15, -0.1) is 0 Å². The zero-order valence-electron chi connectivity index (χ0n) is 11.1. The van der Waals surface area contributed by atoms with E-state index in [0.29, 0.717) is 5.13 Å². The molecule has 1 saturated heterocycles. The highest BCUT2D eigenvalue weighted by Gasteiger charge is 2.26. The summed E-state index contributed by atoms with van der Waals surface area (Å²) in [5.74, 6) is 0. The molecule has 1 aliphatic heterocycles. The second-order valence-electron chi connectivity index (χ2n) is 5.38. The van der Waals surface area contributed by atoms with Gasteiger partial charge in [0.2, 0.25) is 0 Å². The van der Waals surface area contributed by atoms with Gasteiger partial charge in [-0.25, -0.2) is 4.98 Å². The van der Waals surface area contributed by atoms with Gasteiger partial charge in [0, 0.05) is 25.3 Å². The molecule has 0 spiro atoms. The molecule has 4 nitrogen and oxygen atoms in total. The van der Waals surface area contributed by atoms with Crippen molar-refractivity contribution in [2.24, 2.45) is 0 Å². The molecule has 0 aliphatic carbocycles. The van der Waals surface area contributed by atoms with Gasteiger partial charge in [0.25, 0.3) is 0 Å². The minimum Gasteiger partial charge on any atom is -0.381 e. The third-order valence-corrected chi connectivity index (χ3v) is 4.63. The third-order valence-electron chi connectivity index (χ3n) is 3.79. The number of nitrogens with zero attached hydrogens (tertiary/aromatic N) is 1. The number of nitrogens with two attached hydrogens (primary N) is 1. The lowest BCUT2D eigenvalue weighted by atomic mass is 9.92. The van der Waals surface area contributed by atoms with Crippen molar-refractivity contribution in [3.8, 4) is 0 Å². The number of nitrogens with one attached hydrogen (secondary N) is 1. The van der Waals surface area contributed by atoms with E-state index in [1.807, 2.05) is 6.07 Å². The highest BCUT2D eigenvalue weighted by atomic mass is 32.1. The molecule has 3 N–H and O–H groups in total. The number of thiazole rings is 1. The summed E-state index contributed by atoms with van der Waals surface area (Å²) in [4.78, 5) is 4.28. The van der Waals surface area contributed by atoms with Crippen LogP contribution in [-0.4, -0.2) is 23.7 Å². The van der Waals surface area contributed by atoms with E-state index >= 15 is 0 Å². The Kier molecular flexibility index (Phi) is 3.43. The van der Waals surface area contributed by atoms with Crippen LogP contribution in [0.15, 0.2) is 18.2 Å². The molecule has 0 amide bonds. The summed E-state index contributed by atoms with van der Waals surface area (Å²) >= 11 is 1.55. The Morgan fingerprint density at radius 2 is 2.21 bits per heavy atom. The maximum absolute atomic E-state index is 5.73. The quantitative estimate of drug-likeness (QED) is 0.905. The van der Waals surface area contributed by atoms with Crippen LogP contribution in [-0.2, 0) is 11.3 Å². The fraction of sp³-hybridized carbons (Fsp3) is 0.500. The highest BCUT2D eigenvalue weighted by molar-refractivity contribution is 7.22. The molecule has 2 aromatic rings. The Hall–Kier alpha value is -1.17. The third kappa shape index (κ3) is 2.88. The standard InChI is InChI=1S/C14H19N3OS/c1-14(4-6-18-7-5-14)16-9-10-2-3-11-12(8-10)19-13(15)17-11/h2-3,8,16H,4-7,9H2,1H3,(H2,15,17). The molecule has 1 fully saturated rings. The molecule has 3 rings (SSSR count). The number of ether oxygens (including phenoxy) is 1. The minimum atomic E-state index is 0.194. The second-order valence-corrected chi connectivity index (χ2v) is 6.44. The van der Waals surface area contributed by atoms with E-state index in [4.69, 9.17) is 10.5 Å². The number of rotatable bonds is 3. The Morgan fingerprint density at radius 3 is 3.00 bits per heavy atom. The van der Waals surface area contributed by atoms with Gasteiger partial charge in [-0.05, 0) is 37.5 Å². The zero-order chi connectivity index (χ0) is 13.3. The predicted molar refractivity (Wildman–Crippen MR) is 79.3 cm³/mol. The molecular formula is C14H19N3OS. The normalized spacial score (nSPS) is 18.8. The molecular weight excluding hydrogens is 258 g/mol. The average molecular weight is 277 g/mol. The summed E-state index contributed by atoms with van der Waals surface area (Å²) in [5.41, 5.74) is 8.20. The smallest absolute Gasteiger partial charge is 0.181 e. The van der Waals surface area contributed by atoms with Gasteiger partial charge < -0.3 is 15.8 Å². The lowest BCUT2D eigenvalue weighted by Gasteiger charge is -2.34. The van der Waals surface area contributed by atoms with Crippen LogP contribution in [0.1, 0.15) is 25.3 Å². The first-order valence-electron chi connectivity index (χ1n) is 6.62. The van der Waals surface area contributed by atoms with Crippen molar-refractivity contribution in [1.29, 1.82) is 0 Å². The fourth-order valence-corrected chi connectivity index (χ4v) is 3.21. The van der Waals surface area contributed by atoms with Crippen LogP contribution in [0.4, 0.5) is 5.13 Å². The van der Waals surface area contributed by atoms with Gasteiger partial charge >= 0.3 is 0 Å². The number of aromatic nitrogens is 1. The summed E-state index contributed by atoms with van der Waals surface area (Å²) in [6, 6.07) is 6.35. The molecule has 0 bridgehead atoms. The Morgan fingerprint density at radius 1 is 1.42 bits per heavy atom. The lowest BCUT2D eigenvalue weighted by Crippen LogP contribution is -2.46. The van der Waals surface area contributed by atoms with Crippen LogP contribution in [0.3, 0.4) is 0 Å². The van der Waals surface area contributed by atoms with Crippen molar-refractivity contribution < 1.29 is 4.74 Å². The van der Waals surface area contributed by atoms with Gasteiger partial charge in [-0.3, -0.25) is 0 Å². The van der Waals surface area contributed by atoms with Crippen molar-refractivity contribution in [3.63, 3.8) is 0 Å². The highest BCUT2D eigenvalue weighted by Crippen LogP contribution is 2.25. The van der Waals surface area contributed by atoms with Crippen LogP contribution in [0.2, 0.25) is 0 Å². The summed E-state index contributed by atoms with van der Waals surface area (Å²) in [6.07, 6.45) is 2.14. The molecule has 0 unspecified atom stereocenters. The van der Waals surface area contributed by atoms with E-state index in [0.717, 1.165) is 42.8 Å². The first kappa shape index (κ1) is 12.8. The van der Waals surface area contributed by atoms with Crippen LogP contribution in [0, 0.1) is 0 Å². The maximum atomic E-state index is 5.73. The van der Waals surface area contributed by atoms with Crippen LogP contribution >= 0.6 is 11.3 Å². The van der Waals surface area contributed by atoms with Gasteiger partial charge in [-0.1, -0.05) is 17.4 Å². The summed E-state index contributed by atoms with van der Waals surface area (Å²) < 4.78 is 6.58. The number of fused-ring (bicyclic) bond motifs is 1. The number of anilines is 1. The Balaban J connectivity index is 1.70. The number of nitrogen functional groups attached to an aromatic ring is 1. The molecule has 0 saturated carbocycles. The lowest BCUT2D eigenvalue weighted by molar-refractivity contribution is 0.0446. The second kappa shape index (κ2) is 5.07. The number of hydrogen-bond acceptors (Lipinski definition) is 5. The number of hydrogen-bond donors (Lipinski definition) is 2. The van der Waals surface area contributed by atoms with Crippen LogP contribution in [0.25, 0.3) is 10.2 Å². The summed E-state index contributed by atoms with van der Waals surface area (Å²) in [7, 11) is 0. The van der Waals surface area contributed by atoms with E-state index in [-0.39, 0.29) is 5.54 Å². The monoisotopic (exact) mass is 277 g/mol. The van der Waals surface area contributed by atoms with E-state index in [1.54, 1.807) is 11.3 Å². The average Bonchev–Trinajstić information content (AvgIpc) is 2.76. The van der Waals surface area contributed by atoms with Crippen molar-refractivity contribution in [2.45, 2.75) is 31.8 Å². The first-order valence-corrected chi connectivity index (χ1v) is 7.44. The van der Waals surface area contributed by atoms with E-state index < -0.39 is 0 Å². The molecule has 1 aromatic carbocycles. The first-order chi connectivity index (χ1) is 9.15. The van der Waals surface area contributed by atoms with Crippen LogP contribution < -0.4 is 11.1 Å². The van der Waals surface area contributed by atoms with E-state index in [1.165, 1.54) is 5.56 Å². The molecule has 1 aliphatic rings. The number of benzene rings is 1. The summed E-state index contributed by atoms with van der Waals surface area (Å²) in [5, 5.41) is 4.29. The van der Waals surface area contributed by atoms with Crippen molar-refractivity contribution in [3.05, 3.63) is 23.8 Å². The Bertz CT molecular complexity index is 575. The Labute approximate surface area is 117 Å². The minimum absolute atomic E-state index is 0.194. The molecule has 102 valence electrons. The van der Waals surface area contributed by atoms with Crippen LogP contribution in [0.5, 0.6) is 0 Å². The molecule has 0 radical (unpaired) electrons. The van der Waals surface area contributed by atoms with Gasteiger partial charge in [-0.2, -0.15) is 0 Å². The van der Waals surface area contributed by atoms with E-state index in [9.17, 15) is 0 Å². The maximum Gasteiger partial charge on any atom is 0.181 e. The summed E-state index contributed by atoms with van der Waals surface area (Å²) in [6.45, 7) is 4.87. The van der Waals surface area contributed by atoms with Gasteiger partial charge in [0.05, 0.1) is 10.2 Å². The topological polar surface area (TPSA) is 60.2 Å². The predicted octanol–water partition coefficient (Wildman–Crippen LogP) is 2.54. The van der Waals surface area contributed by atoms with Gasteiger partial charge in [0.15, 0.2) is 5.13 Å². The fourth-order valence-electron chi connectivity index (χ4n) is 2.41. The van der Waals surface area contributed by atoms with Gasteiger partial charge in [0.1, 0.15) is 0 Å². The van der Waals surface area contributed by atoms with Crippen molar-refractivity contribution in [2.75, 3.05) is 18.9 Å². The SMILES string of the molecule is CC1(NCc2ccc3nc(N)sc3c2)CCOCC1. The molecule has 5 heteroatoms. The molecule has 19 heavy (non-hydrogen) atoms. The molecule has 1 aromatic heterocycles.